The maximum Gasteiger partial charge on any atom is 0.333 e. The van der Waals surface area contributed by atoms with Crippen LogP contribution in [-0.2, 0) is 19.1 Å². The molecule has 1 aromatic rings. The number of carbonyl (C=O) groups is 2. The van der Waals surface area contributed by atoms with Crippen LogP contribution >= 0.6 is 0 Å². The van der Waals surface area contributed by atoms with E-state index in [1.807, 2.05) is 0 Å². The highest BCUT2D eigenvalue weighted by Gasteiger charge is 2.32. The molecule has 1 amide bonds. The number of carbonyl (C=O) groups excluding carboxylic acids is 2. The number of ether oxygens (including phenoxy) is 2. The zero-order chi connectivity index (χ0) is 14.3. The van der Waals surface area contributed by atoms with Crippen molar-refractivity contribution in [3.8, 4) is 0 Å². The van der Waals surface area contributed by atoms with Gasteiger partial charge >= 0.3 is 5.97 Å². The summed E-state index contributed by atoms with van der Waals surface area (Å²) >= 11 is 0. The van der Waals surface area contributed by atoms with Gasteiger partial charge in [0.25, 0.3) is 5.91 Å². The van der Waals surface area contributed by atoms with Crippen molar-refractivity contribution in [2.24, 2.45) is 0 Å². The van der Waals surface area contributed by atoms with E-state index in [4.69, 9.17) is 9.57 Å². The van der Waals surface area contributed by atoms with Crippen LogP contribution in [0.4, 0.5) is 0 Å². The minimum Gasteiger partial charge on any atom is -0.467 e. The molecule has 0 spiro atoms. The Morgan fingerprint density at radius 2 is 2.05 bits per heavy atom. The highest BCUT2D eigenvalue weighted by Crippen LogP contribution is 2.09. The first kappa shape index (κ1) is 15.1. The van der Waals surface area contributed by atoms with E-state index in [1.54, 1.807) is 12.1 Å². The Morgan fingerprint density at radius 3 is 2.53 bits per heavy atom. The van der Waals surface area contributed by atoms with Crippen molar-refractivity contribution in [3.63, 3.8) is 0 Å². The van der Waals surface area contributed by atoms with Crippen LogP contribution in [0.2, 0.25) is 0 Å². The number of hydrogen-bond donors (Lipinski definition) is 0. The first-order valence-electron chi connectivity index (χ1n) is 5.51. The average molecular weight is 268 g/mol. The third-order valence-electron chi connectivity index (χ3n) is 2.36. The molecule has 0 fully saturated rings. The van der Waals surface area contributed by atoms with Gasteiger partial charge in [0.05, 0.1) is 20.8 Å². The number of hydroxylamine groups is 2. The fourth-order valence-corrected chi connectivity index (χ4v) is 1.48. The van der Waals surface area contributed by atoms with Crippen molar-refractivity contribution in [2.45, 2.75) is 6.04 Å². The third-order valence-corrected chi connectivity index (χ3v) is 2.36. The van der Waals surface area contributed by atoms with Gasteiger partial charge in [-0.05, 0) is 12.1 Å². The molecule has 0 aliphatic rings. The molecule has 0 saturated heterocycles. The number of amides is 1. The average Bonchev–Trinajstić information content (AvgIpc) is 2.47. The van der Waals surface area contributed by atoms with Crippen molar-refractivity contribution in [1.29, 1.82) is 0 Å². The van der Waals surface area contributed by atoms with Crippen LogP contribution < -0.4 is 0 Å². The van der Waals surface area contributed by atoms with Crippen molar-refractivity contribution in [3.05, 3.63) is 30.1 Å². The summed E-state index contributed by atoms with van der Waals surface area (Å²) in [5.74, 6) is -1.18. The Morgan fingerprint density at radius 1 is 1.32 bits per heavy atom. The standard InChI is InChI=1S/C12H16N2O5/c1-17-8-10(12(16)18-2)14(19-3)11(15)9-6-4-5-7-13-9/h4-7,10H,8H2,1-3H3. The van der Waals surface area contributed by atoms with E-state index in [-0.39, 0.29) is 12.3 Å². The fourth-order valence-electron chi connectivity index (χ4n) is 1.48. The van der Waals surface area contributed by atoms with Crippen molar-refractivity contribution >= 4 is 11.9 Å². The first-order chi connectivity index (χ1) is 9.15. The Labute approximate surface area is 111 Å². The van der Waals surface area contributed by atoms with Gasteiger partial charge in [-0.1, -0.05) is 6.07 Å². The van der Waals surface area contributed by atoms with Gasteiger partial charge in [0.2, 0.25) is 0 Å². The van der Waals surface area contributed by atoms with Crippen molar-refractivity contribution in [2.75, 3.05) is 27.9 Å². The Balaban J connectivity index is 2.96. The van der Waals surface area contributed by atoms with E-state index in [1.165, 1.54) is 33.6 Å². The van der Waals surface area contributed by atoms with E-state index < -0.39 is 17.9 Å². The zero-order valence-corrected chi connectivity index (χ0v) is 11.0. The van der Waals surface area contributed by atoms with Gasteiger partial charge < -0.3 is 9.47 Å². The molecule has 1 heterocycles. The summed E-state index contributed by atoms with van der Waals surface area (Å²) in [5.41, 5.74) is 0.161. The van der Waals surface area contributed by atoms with E-state index >= 15 is 0 Å². The van der Waals surface area contributed by atoms with Crippen LogP contribution in [0.25, 0.3) is 0 Å². The van der Waals surface area contributed by atoms with Gasteiger partial charge in [0.15, 0.2) is 6.04 Å². The topological polar surface area (TPSA) is 78.0 Å². The van der Waals surface area contributed by atoms with Crippen LogP contribution in [0.3, 0.4) is 0 Å². The number of esters is 1. The lowest BCUT2D eigenvalue weighted by Gasteiger charge is -2.26. The quantitative estimate of drug-likeness (QED) is 0.544. The maximum atomic E-state index is 12.2. The SMILES string of the molecule is COCC(C(=O)OC)N(OC)C(=O)c1ccccn1. The second kappa shape index (κ2) is 7.45. The lowest BCUT2D eigenvalue weighted by Crippen LogP contribution is -2.47. The van der Waals surface area contributed by atoms with Crippen LogP contribution in [0, 0.1) is 0 Å². The van der Waals surface area contributed by atoms with E-state index in [0.717, 1.165) is 5.06 Å². The molecule has 1 atom stereocenters. The Hall–Kier alpha value is -1.99. The van der Waals surface area contributed by atoms with Gasteiger partial charge in [0, 0.05) is 13.3 Å². The normalized spacial score (nSPS) is 11.7. The minimum absolute atomic E-state index is 0.0426. The lowest BCUT2D eigenvalue weighted by molar-refractivity contribution is -0.174. The summed E-state index contributed by atoms with van der Waals surface area (Å²) in [6.45, 7) is -0.0426. The highest BCUT2D eigenvalue weighted by molar-refractivity contribution is 5.94. The smallest absolute Gasteiger partial charge is 0.333 e. The number of pyridine rings is 1. The summed E-state index contributed by atoms with van der Waals surface area (Å²) in [6, 6.07) is 3.88. The first-order valence-corrected chi connectivity index (χ1v) is 5.51. The Kier molecular flexibility index (Phi) is 5.91. The summed E-state index contributed by atoms with van der Waals surface area (Å²) in [7, 11) is 3.92. The molecule has 0 saturated carbocycles. The monoisotopic (exact) mass is 268 g/mol. The van der Waals surface area contributed by atoms with E-state index in [2.05, 4.69) is 9.72 Å². The number of rotatable bonds is 6. The Bertz CT molecular complexity index is 423. The molecule has 0 N–H and O–H groups in total. The minimum atomic E-state index is -0.991. The number of nitrogens with zero attached hydrogens (tertiary/aromatic N) is 2. The van der Waals surface area contributed by atoms with Crippen LogP contribution in [0.15, 0.2) is 24.4 Å². The number of aromatic nitrogens is 1. The number of methoxy groups -OCH3 is 2. The van der Waals surface area contributed by atoms with Gasteiger partial charge in [-0.25, -0.2) is 4.79 Å². The van der Waals surface area contributed by atoms with Crippen LogP contribution in [0.5, 0.6) is 0 Å². The van der Waals surface area contributed by atoms with Crippen molar-refractivity contribution < 1.29 is 23.9 Å². The molecule has 1 rings (SSSR count). The molecule has 0 radical (unpaired) electrons. The second-order valence-corrected chi connectivity index (χ2v) is 3.52. The largest absolute Gasteiger partial charge is 0.467 e. The van der Waals surface area contributed by atoms with Crippen LogP contribution in [0.1, 0.15) is 10.5 Å². The van der Waals surface area contributed by atoms with E-state index in [0.29, 0.717) is 0 Å². The highest BCUT2D eigenvalue weighted by atomic mass is 16.7. The molecule has 1 unspecified atom stereocenters. The molecule has 0 bridgehead atoms. The van der Waals surface area contributed by atoms with E-state index in [9.17, 15) is 9.59 Å². The molecule has 19 heavy (non-hydrogen) atoms. The molecule has 1 aromatic heterocycles. The molecule has 7 nitrogen and oxygen atoms in total. The molecule has 7 heteroatoms. The fraction of sp³-hybridized carbons (Fsp3) is 0.417. The van der Waals surface area contributed by atoms with Crippen LogP contribution in [-0.4, -0.2) is 55.9 Å². The van der Waals surface area contributed by atoms with Gasteiger partial charge in [-0.3, -0.25) is 14.6 Å². The molecular formula is C12H16N2O5. The lowest BCUT2D eigenvalue weighted by atomic mass is 10.2. The summed E-state index contributed by atoms with van der Waals surface area (Å²) in [6.07, 6.45) is 1.48. The molecular weight excluding hydrogens is 252 g/mol. The van der Waals surface area contributed by atoms with Crippen molar-refractivity contribution in [1.82, 2.24) is 10.0 Å². The van der Waals surface area contributed by atoms with Gasteiger partial charge in [-0.15, -0.1) is 0 Å². The maximum absolute atomic E-state index is 12.2. The summed E-state index contributed by atoms with van der Waals surface area (Å²) < 4.78 is 9.52. The van der Waals surface area contributed by atoms with Gasteiger partial charge in [-0.2, -0.15) is 5.06 Å². The predicted molar refractivity (Wildman–Crippen MR) is 65.1 cm³/mol. The summed E-state index contributed by atoms with van der Waals surface area (Å²) in [5, 5.41) is 0.887. The third kappa shape index (κ3) is 3.73. The molecule has 0 aliphatic carbocycles. The zero-order valence-electron chi connectivity index (χ0n) is 11.0. The molecule has 104 valence electrons. The molecule has 0 aromatic carbocycles. The predicted octanol–water partition coefficient (Wildman–Crippen LogP) is 0.273. The number of hydrogen-bond acceptors (Lipinski definition) is 6. The second-order valence-electron chi connectivity index (χ2n) is 3.52. The van der Waals surface area contributed by atoms with Gasteiger partial charge in [0.1, 0.15) is 5.69 Å². The summed E-state index contributed by atoms with van der Waals surface area (Å²) in [4.78, 5) is 32.7. The molecule has 0 aliphatic heterocycles.